The van der Waals surface area contributed by atoms with Gasteiger partial charge in [-0.15, -0.1) is 0 Å². The summed E-state index contributed by atoms with van der Waals surface area (Å²) >= 11 is 3.26. The number of oxazole rings is 1. The van der Waals surface area contributed by atoms with Crippen LogP contribution in [0.2, 0.25) is 0 Å². The maximum Gasteiger partial charge on any atom is 0.417 e. The van der Waals surface area contributed by atoms with Crippen LogP contribution in [-0.4, -0.2) is 15.0 Å². The van der Waals surface area contributed by atoms with Crippen LogP contribution < -0.4 is 5.76 Å². The molecule has 5 nitrogen and oxygen atoms in total. The molecule has 1 aromatic carbocycles. The third kappa shape index (κ3) is 1.95. The first-order valence-electron chi connectivity index (χ1n) is 5.26. The van der Waals surface area contributed by atoms with E-state index in [1.54, 1.807) is 12.1 Å². The van der Waals surface area contributed by atoms with Gasteiger partial charge in [0.25, 0.3) is 0 Å². The topological polar surface area (TPSA) is 71.8 Å². The minimum atomic E-state index is -0.456. The minimum Gasteiger partial charge on any atom is -0.408 e. The second-order valence-corrected chi connectivity index (χ2v) is 4.60. The first-order chi connectivity index (χ1) is 8.61. The minimum absolute atomic E-state index is 0.456. The number of aryl methyl sites for hydroxylation is 1. The van der Waals surface area contributed by atoms with Gasteiger partial charge in [-0.2, -0.15) is 0 Å². The van der Waals surface area contributed by atoms with Gasteiger partial charge in [0, 0.05) is 11.3 Å². The number of H-pyrrole nitrogens is 1. The Kier molecular flexibility index (Phi) is 2.52. The molecular weight excluding hydrogens is 298 g/mol. The molecule has 2 aromatic heterocycles. The predicted molar refractivity (Wildman–Crippen MR) is 70.3 cm³/mol. The summed E-state index contributed by atoms with van der Waals surface area (Å²) in [6.45, 7) is 1.89. The molecule has 0 amide bonds. The Bertz CT molecular complexity index is 771. The van der Waals surface area contributed by atoms with Crippen LogP contribution in [0, 0.1) is 6.92 Å². The van der Waals surface area contributed by atoms with Gasteiger partial charge in [-0.25, -0.2) is 14.8 Å². The third-order valence-electron chi connectivity index (χ3n) is 2.54. The lowest BCUT2D eigenvalue weighted by Gasteiger charge is -2.02. The van der Waals surface area contributed by atoms with Crippen molar-refractivity contribution in [1.82, 2.24) is 15.0 Å². The Morgan fingerprint density at radius 3 is 2.89 bits per heavy atom. The molecule has 0 spiro atoms. The first-order valence-corrected chi connectivity index (χ1v) is 6.05. The lowest BCUT2D eigenvalue weighted by Crippen LogP contribution is -1.92. The summed E-state index contributed by atoms with van der Waals surface area (Å²) in [5.41, 5.74) is 3.71. The standard InChI is InChI=1S/C12H8BrN3O2/c1-6-4-9(15-11(13)14-6)7-2-3-8-10(5-7)18-12(17)16-8/h2-5H,1H3,(H,16,17). The molecule has 0 saturated carbocycles. The number of hydrogen-bond acceptors (Lipinski definition) is 4. The molecule has 0 bridgehead atoms. The van der Waals surface area contributed by atoms with E-state index in [-0.39, 0.29) is 0 Å². The summed E-state index contributed by atoms with van der Waals surface area (Å²) in [4.78, 5) is 22.1. The monoisotopic (exact) mass is 305 g/mol. The van der Waals surface area contributed by atoms with E-state index in [9.17, 15) is 4.79 Å². The highest BCUT2D eigenvalue weighted by molar-refractivity contribution is 9.10. The van der Waals surface area contributed by atoms with Gasteiger partial charge in [0.1, 0.15) is 0 Å². The van der Waals surface area contributed by atoms with Crippen molar-refractivity contribution in [2.24, 2.45) is 0 Å². The largest absolute Gasteiger partial charge is 0.417 e. The van der Waals surface area contributed by atoms with E-state index in [1.165, 1.54) is 0 Å². The van der Waals surface area contributed by atoms with Crippen molar-refractivity contribution >= 4 is 27.0 Å². The Hall–Kier alpha value is -1.95. The second-order valence-electron chi connectivity index (χ2n) is 3.89. The SMILES string of the molecule is Cc1cc(-c2ccc3[nH]c(=O)oc3c2)nc(Br)n1. The fourth-order valence-electron chi connectivity index (χ4n) is 1.78. The highest BCUT2D eigenvalue weighted by Gasteiger charge is 2.06. The molecule has 0 saturated heterocycles. The Balaban J connectivity index is 2.21. The van der Waals surface area contributed by atoms with Crippen molar-refractivity contribution in [2.45, 2.75) is 6.92 Å². The van der Waals surface area contributed by atoms with Gasteiger partial charge in [0.05, 0.1) is 11.2 Å². The Morgan fingerprint density at radius 1 is 1.28 bits per heavy atom. The summed E-state index contributed by atoms with van der Waals surface area (Å²) < 4.78 is 5.56. The van der Waals surface area contributed by atoms with Gasteiger partial charge in [-0.1, -0.05) is 6.07 Å². The maximum absolute atomic E-state index is 11.1. The number of nitrogens with one attached hydrogen (secondary N) is 1. The van der Waals surface area contributed by atoms with E-state index in [0.717, 1.165) is 17.0 Å². The van der Waals surface area contributed by atoms with Gasteiger partial charge >= 0.3 is 5.76 Å². The summed E-state index contributed by atoms with van der Waals surface area (Å²) in [6.07, 6.45) is 0. The molecule has 3 rings (SSSR count). The normalized spacial score (nSPS) is 11.0. The summed E-state index contributed by atoms with van der Waals surface area (Å²) in [6, 6.07) is 7.32. The molecule has 18 heavy (non-hydrogen) atoms. The molecule has 0 fully saturated rings. The highest BCUT2D eigenvalue weighted by atomic mass is 79.9. The molecule has 3 aromatic rings. The van der Waals surface area contributed by atoms with Gasteiger partial charge in [-0.05, 0) is 41.1 Å². The lowest BCUT2D eigenvalue weighted by molar-refractivity contribution is 0.555. The van der Waals surface area contributed by atoms with E-state index >= 15 is 0 Å². The number of rotatable bonds is 1. The van der Waals surface area contributed by atoms with Crippen molar-refractivity contribution in [2.75, 3.05) is 0 Å². The molecule has 1 N–H and O–H groups in total. The van der Waals surface area contributed by atoms with E-state index < -0.39 is 5.76 Å². The number of fused-ring (bicyclic) bond motifs is 1. The van der Waals surface area contributed by atoms with Gasteiger partial charge in [-0.3, -0.25) is 4.98 Å². The molecule has 90 valence electrons. The Labute approximate surface area is 110 Å². The van der Waals surface area contributed by atoms with Gasteiger partial charge in [0.2, 0.25) is 0 Å². The number of nitrogens with zero attached hydrogens (tertiary/aromatic N) is 2. The van der Waals surface area contributed by atoms with Crippen LogP contribution in [0.4, 0.5) is 0 Å². The fourth-order valence-corrected chi connectivity index (χ4v) is 2.26. The zero-order chi connectivity index (χ0) is 12.7. The van der Waals surface area contributed by atoms with Crippen LogP contribution in [-0.2, 0) is 0 Å². The molecule has 0 aliphatic heterocycles. The van der Waals surface area contributed by atoms with Crippen LogP contribution in [0.3, 0.4) is 0 Å². The van der Waals surface area contributed by atoms with Crippen molar-refractivity contribution in [1.29, 1.82) is 0 Å². The highest BCUT2D eigenvalue weighted by Crippen LogP contribution is 2.23. The first kappa shape index (κ1) is 11.2. The molecule has 2 heterocycles. The van der Waals surface area contributed by atoms with Crippen molar-refractivity contribution in [3.05, 3.63) is 45.2 Å². The number of hydrogen-bond donors (Lipinski definition) is 1. The number of aromatic amines is 1. The maximum atomic E-state index is 11.1. The van der Waals surface area contributed by atoms with E-state index in [4.69, 9.17) is 4.42 Å². The number of benzene rings is 1. The van der Waals surface area contributed by atoms with Crippen LogP contribution >= 0.6 is 15.9 Å². The average molecular weight is 306 g/mol. The number of aromatic nitrogens is 3. The molecule has 0 aliphatic rings. The van der Waals surface area contributed by atoms with Gasteiger partial charge < -0.3 is 4.42 Å². The van der Waals surface area contributed by atoms with E-state index in [1.807, 2.05) is 19.1 Å². The van der Waals surface area contributed by atoms with Crippen LogP contribution in [0.1, 0.15) is 5.69 Å². The number of halogens is 1. The predicted octanol–water partition coefficient (Wildman–Crippen LogP) is 2.65. The third-order valence-corrected chi connectivity index (χ3v) is 2.90. The van der Waals surface area contributed by atoms with Crippen molar-refractivity contribution in [3.8, 4) is 11.3 Å². The molecule has 0 atom stereocenters. The smallest absolute Gasteiger partial charge is 0.408 e. The summed E-state index contributed by atoms with van der Waals surface area (Å²) in [5.74, 6) is -0.456. The zero-order valence-corrected chi connectivity index (χ0v) is 11.0. The second kappa shape index (κ2) is 4.06. The van der Waals surface area contributed by atoms with E-state index in [2.05, 4.69) is 30.9 Å². The molecule has 6 heteroatoms. The van der Waals surface area contributed by atoms with Crippen LogP contribution in [0.25, 0.3) is 22.4 Å². The van der Waals surface area contributed by atoms with Crippen molar-refractivity contribution < 1.29 is 4.42 Å². The quantitative estimate of drug-likeness (QED) is 0.702. The van der Waals surface area contributed by atoms with Crippen LogP contribution in [0.5, 0.6) is 0 Å². The fraction of sp³-hybridized carbons (Fsp3) is 0.0833. The van der Waals surface area contributed by atoms with Crippen molar-refractivity contribution in [3.63, 3.8) is 0 Å². The Morgan fingerprint density at radius 2 is 2.11 bits per heavy atom. The molecular formula is C12H8BrN3O2. The summed E-state index contributed by atoms with van der Waals surface area (Å²) in [5, 5.41) is 0. The zero-order valence-electron chi connectivity index (χ0n) is 9.40. The molecule has 0 radical (unpaired) electrons. The summed E-state index contributed by atoms with van der Waals surface area (Å²) in [7, 11) is 0. The molecule has 0 aliphatic carbocycles. The van der Waals surface area contributed by atoms with Crippen LogP contribution in [0.15, 0.2) is 38.2 Å². The van der Waals surface area contributed by atoms with Gasteiger partial charge in [0.15, 0.2) is 10.3 Å². The molecule has 0 unspecified atom stereocenters. The average Bonchev–Trinajstić information content (AvgIpc) is 2.66. The lowest BCUT2D eigenvalue weighted by atomic mass is 10.1. The van der Waals surface area contributed by atoms with E-state index in [0.29, 0.717) is 15.8 Å².